The van der Waals surface area contributed by atoms with Crippen LogP contribution in [0.2, 0.25) is 0 Å². The van der Waals surface area contributed by atoms with Crippen LogP contribution >= 0.6 is 0 Å². The van der Waals surface area contributed by atoms with Crippen LogP contribution in [0.4, 0.5) is 4.39 Å². The van der Waals surface area contributed by atoms with Gasteiger partial charge >= 0.3 is 0 Å². The van der Waals surface area contributed by atoms with Crippen LogP contribution in [0.25, 0.3) is 0 Å². The third-order valence-corrected chi connectivity index (χ3v) is 6.10. The fourth-order valence-corrected chi connectivity index (χ4v) is 4.70. The third kappa shape index (κ3) is 4.11. The van der Waals surface area contributed by atoms with Crippen molar-refractivity contribution in [3.8, 4) is 0 Å². The Balaban J connectivity index is 1.70. The molecule has 1 aliphatic rings. The van der Waals surface area contributed by atoms with Gasteiger partial charge in [0.15, 0.2) is 0 Å². The number of benzene rings is 2. The van der Waals surface area contributed by atoms with Crippen LogP contribution in [-0.2, 0) is 21.4 Å². The Morgan fingerprint density at radius 1 is 1.19 bits per heavy atom. The molecule has 0 aromatic heterocycles. The highest BCUT2D eigenvalue weighted by Gasteiger charge is 2.33. The number of hydrogen-bond donors (Lipinski definition) is 1. The molecule has 1 aliphatic heterocycles. The number of rotatable bonds is 5. The van der Waals surface area contributed by atoms with Gasteiger partial charge in [-0.15, -0.1) is 0 Å². The lowest BCUT2D eigenvalue weighted by atomic mass is 10.2. The van der Waals surface area contributed by atoms with Crippen molar-refractivity contribution in [2.24, 2.45) is 0 Å². The van der Waals surface area contributed by atoms with E-state index in [0.717, 1.165) is 5.56 Å². The number of likely N-dealkylation sites (tertiary alicyclic amines) is 1. The van der Waals surface area contributed by atoms with Gasteiger partial charge in [0.2, 0.25) is 15.9 Å². The maximum Gasteiger partial charge on any atom is 0.241 e. The van der Waals surface area contributed by atoms with Gasteiger partial charge in [0.05, 0.1) is 4.90 Å². The molecule has 1 N–H and O–H groups in total. The molecule has 3 rings (SSSR count). The van der Waals surface area contributed by atoms with E-state index in [1.807, 2.05) is 13.0 Å². The van der Waals surface area contributed by atoms with Crippen LogP contribution in [0.3, 0.4) is 0 Å². The highest BCUT2D eigenvalue weighted by Crippen LogP contribution is 2.20. The number of hydrogen-bond acceptors (Lipinski definition) is 3. The summed E-state index contributed by atoms with van der Waals surface area (Å²) in [6.45, 7) is 4.17. The first-order valence-electron chi connectivity index (χ1n) is 8.36. The summed E-state index contributed by atoms with van der Waals surface area (Å²) in [5, 5.41) is 0. The summed E-state index contributed by atoms with van der Waals surface area (Å²) in [4.78, 5) is 14.0. The SMILES string of the molecule is Cc1ccc(S(=O)(=O)N[C@H]2CC(=O)N(Cc3cccc(F)c3)C2)c(C)c1. The molecule has 0 aliphatic carbocycles. The van der Waals surface area contributed by atoms with E-state index in [1.54, 1.807) is 36.1 Å². The summed E-state index contributed by atoms with van der Waals surface area (Å²) in [6, 6.07) is 10.7. The lowest BCUT2D eigenvalue weighted by molar-refractivity contribution is -0.128. The van der Waals surface area contributed by atoms with E-state index in [0.29, 0.717) is 11.1 Å². The Labute approximate surface area is 152 Å². The fourth-order valence-electron chi connectivity index (χ4n) is 3.24. The smallest absolute Gasteiger partial charge is 0.241 e. The molecule has 0 saturated carbocycles. The number of nitrogens with one attached hydrogen (secondary N) is 1. The van der Waals surface area contributed by atoms with Crippen LogP contribution in [0, 0.1) is 19.7 Å². The number of carbonyl (C=O) groups excluding carboxylic acids is 1. The van der Waals surface area contributed by atoms with Gasteiger partial charge < -0.3 is 4.90 Å². The molecule has 2 aromatic carbocycles. The number of halogens is 1. The molecule has 1 amide bonds. The summed E-state index contributed by atoms with van der Waals surface area (Å²) in [5.41, 5.74) is 2.33. The summed E-state index contributed by atoms with van der Waals surface area (Å²) in [7, 11) is -3.71. The largest absolute Gasteiger partial charge is 0.337 e. The van der Waals surface area contributed by atoms with Gasteiger partial charge in [-0.3, -0.25) is 4.79 Å². The average molecular weight is 376 g/mol. The van der Waals surface area contributed by atoms with E-state index in [9.17, 15) is 17.6 Å². The van der Waals surface area contributed by atoms with E-state index in [2.05, 4.69) is 4.72 Å². The zero-order valence-electron chi connectivity index (χ0n) is 14.7. The molecule has 138 valence electrons. The molecule has 26 heavy (non-hydrogen) atoms. The highest BCUT2D eigenvalue weighted by atomic mass is 32.2. The van der Waals surface area contributed by atoms with Crippen molar-refractivity contribution in [2.75, 3.05) is 6.54 Å². The van der Waals surface area contributed by atoms with Gasteiger partial charge in [-0.05, 0) is 43.2 Å². The Morgan fingerprint density at radius 3 is 2.65 bits per heavy atom. The fraction of sp³-hybridized carbons (Fsp3) is 0.316. The summed E-state index contributed by atoms with van der Waals surface area (Å²) in [5.74, 6) is -0.510. The molecule has 0 spiro atoms. The van der Waals surface area contributed by atoms with E-state index in [1.165, 1.54) is 12.1 Å². The molecule has 1 saturated heterocycles. The van der Waals surface area contributed by atoms with Crippen molar-refractivity contribution in [1.29, 1.82) is 0 Å². The number of amides is 1. The molecule has 0 bridgehead atoms. The van der Waals surface area contributed by atoms with E-state index in [-0.39, 0.29) is 36.1 Å². The van der Waals surface area contributed by atoms with Crippen LogP contribution in [0.15, 0.2) is 47.4 Å². The predicted octanol–water partition coefficient (Wildman–Crippen LogP) is 2.52. The summed E-state index contributed by atoms with van der Waals surface area (Å²) in [6.07, 6.45) is 0.0967. The molecule has 7 heteroatoms. The first-order valence-corrected chi connectivity index (χ1v) is 9.85. The van der Waals surface area contributed by atoms with Crippen molar-refractivity contribution < 1.29 is 17.6 Å². The van der Waals surface area contributed by atoms with Gasteiger partial charge in [0.25, 0.3) is 0 Å². The predicted molar refractivity (Wildman–Crippen MR) is 96.5 cm³/mol. The molecular weight excluding hydrogens is 355 g/mol. The highest BCUT2D eigenvalue weighted by molar-refractivity contribution is 7.89. The second-order valence-electron chi connectivity index (χ2n) is 6.70. The average Bonchev–Trinajstić information content (AvgIpc) is 2.85. The van der Waals surface area contributed by atoms with Crippen LogP contribution in [0.1, 0.15) is 23.1 Å². The van der Waals surface area contributed by atoms with E-state index >= 15 is 0 Å². The molecule has 0 unspecified atom stereocenters. The van der Waals surface area contributed by atoms with Crippen molar-refractivity contribution in [3.63, 3.8) is 0 Å². The van der Waals surface area contributed by atoms with Gasteiger partial charge in [-0.2, -0.15) is 0 Å². The zero-order chi connectivity index (χ0) is 18.9. The standard InChI is InChI=1S/C19H21FN2O3S/c1-13-6-7-18(14(2)8-13)26(24,25)21-17-10-19(23)22(12-17)11-15-4-3-5-16(20)9-15/h3-9,17,21H,10-12H2,1-2H3/t17-/m0/s1. The van der Waals surface area contributed by atoms with Crippen molar-refractivity contribution >= 4 is 15.9 Å². The quantitative estimate of drug-likeness (QED) is 0.872. The number of sulfonamides is 1. The van der Waals surface area contributed by atoms with E-state index in [4.69, 9.17) is 0 Å². The first-order chi connectivity index (χ1) is 12.2. The maximum atomic E-state index is 13.3. The van der Waals surface area contributed by atoms with Gasteiger partial charge in [-0.25, -0.2) is 17.5 Å². The lowest BCUT2D eigenvalue weighted by Crippen LogP contribution is -2.37. The Morgan fingerprint density at radius 2 is 1.96 bits per heavy atom. The minimum Gasteiger partial charge on any atom is -0.337 e. The molecule has 0 radical (unpaired) electrons. The minimum absolute atomic E-state index is 0.0967. The van der Waals surface area contributed by atoms with Gasteiger partial charge in [0, 0.05) is 25.6 Å². The topological polar surface area (TPSA) is 66.5 Å². The lowest BCUT2D eigenvalue weighted by Gasteiger charge is -2.18. The monoisotopic (exact) mass is 376 g/mol. The van der Waals surface area contributed by atoms with Crippen molar-refractivity contribution in [2.45, 2.75) is 37.8 Å². The second-order valence-corrected chi connectivity index (χ2v) is 8.38. The Hall–Kier alpha value is -2.25. The maximum absolute atomic E-state index is 13.3. The van der Waals surface area contributed by atoms with Crippen LogP contribution in [-0.4, -0.2) is 31.8 Å². The van der Waals surface area contributed by atoms with Crippen molar-refractivity contribution in [1.82, 2.24) is 9.62 Å². The van der Waals surface area contributed by atoms with Crippen LogP contribution in [0.5, 0.6) is 0 Å². The van der Waals surface area contributed by atoms with Gasteiger partial charge in [-0.1, -0.05) is 29.8 Å². The number of nitrogens with zero attached hydrogens (tertiary/aromatic N) is 1. The first kappa shape index (κ1) is 18.5. The van der Waals surface area contributed by atoms with Crippen LogP contribution < -0.4 is 4.72 Å². The molecule has 1 fully saturated rings. The molecule has 5 nitrogen and oxygen atoms in total. The third-order valence-electron chi connectivity index (χ3n) is 4.42. The Bertz CT molecular complexity index is 944. The summed E-state index contributed by atoms with van der Waals surface area (Å²) < 4.78 is 41.2. The molecule has 1 atom stereocenters. The summed E-state index contributed by atoms with van der Waals surface area (Å²) >= 11 is 0. The molecule has 2 aromatic rings. The molecule has 1 heterocycles. The Kier molecular flexibility index (Phi) is 5.11. The number of carbonyl (C=O) groups is 1. The minimum atomic E-state index is -3.71. The normalized spacial score (nSPS) is 17.7. The van der Waals surface area contributed by atoms with Gasteiger partial charge in [0.1, 0.15) is 5.82 Å². The van der Waals surface area contributed by atoms with Crippen molar-refractivity contribution in [3.05, 3.63) is 65.0 Å². The number of aryl methyl sites for hydroxylation is 2. The zero-order valence-corrected chi connectivity index (χ0v) is 15.5. The van der Waals surface area contributed by atoms with E-state index < -0.39 is 16.1 Å². The second kappa shape index (κ2) is 7.17. The molecular formula is C19H21FN2O3S.